The Morgan fingerprint density at radius 2 is 1.67 bits per heavy atom. The number of ether oxygens (including phenoxy) is 1. The van der Waals surface area contributed by atoms with Crippen LogP contribution in [-0.2, 0) is 11.8 Å². The summed E-state index contributed by atoms with van der Waals surface area (Å²) < 4.78 is 6.80. The lowest BCUT2D eigenvalue weighted by atomic mass is 9.87. The van der Waals surface area contributed by atoms with Crippen LogP contribution in [0.3, 0.4) is 0 Å². The number of hydrogen-bond acceptors (Lipinski definition) is 2. The molecule has 2 amide bonds. The number of carbonyl (C=O) groups is 1. The number of amides is 2. The summed E-state index contributed by atoms with van der Waals surface area (Å²) >= 11 is 3.51. The molecule has 0 saturated carbocycles. The monoisotopic (exact) mass is 432 g/mol. The van der Waals surface area contributed by atoms with Gasteiger partial charge in [-0.2, -0.15) is 0 Å². The van der Waals surface area contributed by atoms with Crippen molar-refractivity contribution in [2.24, 2.45) is 0 Å². The Morgan fingerprint density at radius 3 is 2.33 bits per heavy atom. The molecule has 0 aliphatic heterocycles. The Bertz CT molecular complexity index is 724. The van der Waals surface area contributed by atoms with Crippen LogP contribution in [0.2, 0.25) is 0 Å². The summed E-state index contributed by atoms with van der Waals surface area (Å²) in [7, 11) is 0. The molecule has 0 fully saturated rings. The molecule has 2 aromatic rings. The van der Waals surface area contributed by atoms with Crippen LogP contribution in [-0.4, -0.2) is 25.7 Å². The summed E-state index contributed by atoms with van der Waals surface area (Å²) in [6.45, 7) is 8.34. The molecular formula is C22H29BrN2O2. The van der Waals surface area contributed by atoms with Gasteiger partial charge in [0.25, 0.3) is 0 Å². The molecule has 0 aliphatic rings. The number of benzene rings is 2. The fraction of sp³-hybridized carbons (Fsp3) is 0.409. The lowest BCUT2D eigenvalue weighted by Crippen LogP contribution is -2.37. The molecule has 2 rings (SSSR count). The van der Waals surface area contributed by atoms with Crippen molar-refractivity contribution in [3.05, 3.63) is 64.1 Å². The van der Waals surface area contributed by atoms with Gasteiger partial charge in [0.05, 0.1) is 6.61 Å². The average molecular weight is 433 g/mol. The van der Waals surface area contributed by atoms with Crippen molar-refractivity contribution in [3.63, 3.8) is 0 Å². The van der Waals surface area contributed by atoms with Gasteiger partial charge < -0.3 is 15.4 Å². The Hall–Kier alpha value is -2.01. The fourth-order valence-corrected chi connectivity index (χ4v) is 3.07. The van der Waals surface area contributed by atoms with E-state index in [1.54, 1.807) is 0 Å². The van der Waals surface area contributed by atoms with Gasteiger partial charge in [-0.15, -0.1) is 0 Å². The second-order valence-corrected chi connectivity index (χ2v) is 8.35. The number of carbonyl (C=O) groups excluding carboxylic acids is 1. The van der Waals surface area contributed by atoms with Crippen molar-refractivity contribution >= 4 is 22.0 Å². The zero-order valence-electron chi connectivity index (χ0n) is 16.3. The fourth-order valence-electron chi connectivity index (χ4n) is 2.59. The van der Waals surface area contributed by atoms with E-state index in [4.69, 9.17) is 4.74 Å². The first-order valence-electron chi connectivity index (χ1n) is 9.35. The molecule has 0 aliphatic carbocycles. The summed E-state index contributed by atoms with van der Waals surface area (Å²) in [5.41, 5.74) is 2.62. The third-order valence-corrected chi connectivity index (χ3v) is 5.01. The maximum Gasteiger partial charge on any atom is 0.314 e. The van der Waals surface area contributed by atoms with E-state index in [2.05, 4.69) is 65.5 Å². The highest BCUT2D eigenvalue weighted by atomic mass is 79.9. The number of halogens is 1. The summed E-state index contributed by atoms with van der Waals surface area (Å²) in [4.78, 5) is 11.8. The first-order chi connectivity index (χ1) is 12.9. The molecule has 0 bridgehead atoms. The number of rotatable bonds is 8. The van der Waals surface area contributed by atoms with Crippen molar-refractivity contribution in [3.8, 4) is 5.75 Å². The second-order valence-electron chi connectivity index (χ2n) is 7.50. The maximum absolute atomic E-state index is 11.8. The van der Waals surface area contributed by atoms with Crippen LogP contribution < -0.4 is 15.4 Å². The van der Waals surface area contributed by atoms with E-state index in [1.807, 2.05) is 30.3 Å². The second kappa shape index (κ2) is 10.4. The summed E-state index contributed by atoms with van der Waals surface area (Å²) in [6, 6.07) is 16.1. The highest BCUT2D eigenvalue weighted by Gasteiger charge is 2.12. The van der Waals surface area contributed by atoms with Crippen LogP contribution in [0, 0.1) is 0 Å². The molecule has 146 valence electrons. The molecule has 0 saturated heterocycles. The quantitative estimate of drug-likeness (QED) is 0.572. The van der Waals surface area contributed by atoms with Crippen molar-refractivity contribution < 1.29 is 9.53 Å². The smallest absolute Gasteiger partial charge is 0.314 e. The molecule has 0 aromatic heterocycles. The van der Waals surface area contributed by atoms with E-state index in [0.717, 1.165) is 23.1 Å². The van der Waals surface area contributed by atoms with Crippen LogP contribution in [0.4, 0.5) is 4.79 Å². The highest BCUT2D eigenvalue weighted by Crippen LogP contribution is 2.24. The van der Waals surface area contributed by atoms with Gasteiger partial charge in [0.2, 0.25) is 0 Å². The maximum atomic E-state index is 11.8. The normalized spacial score (nSPS) is 11.1. The number of nitrogens with one attached hydrogen (secondary N) is 2. The van der Waals surface area contributed by atoms with Gasteiger partial charge in [-0.1, -0.05) is 67.0 Å². The van der Waals surface area contributed by atoms with E-state index < -0.39 is 0 Å². The predicted molar refractivity (Wildman–Crippen MR) is 115 cm³/mol. The van der Waals surface area contributed by atoms with Crippen LogP contribution in [0.5, 0.6) is 5.75 Å². The Balaban J connectivity index is 1.57. The molecule has 2 aromatic carbocycles. The van der Waals surface area contributed by atoms with E-state index in [0.29, 0.717) is 19.7 Å². The summed E-state index contributed by atoms with van der Waals surface area (Å²) in [5, 5.41) is 5.73. The summed E-state index contributed by atoms with van der Waals surface area (Å²) in [6.07, 6.45) is 1.56. The molecule has 0 heterocycles. The molecule has 5 heteroatoms. The minimum atomic E-state index is -0.142. The lowest BCUT2D eigenvalue weighted by Gasteiger charge is -2.19. The predicted octanol–water partition coefficient (Wildman–Crippen LogP) is 5.06. The van der Waals surface area contributed by atoms with E-state index in [1.165, 1.54) is 11.1 Å². The van der Waals surface area contributed by atoms with Gasteiger partial charge in [-0.3, -0.25) is 0 Å². The van der Waals surface area contributed by atoms with Crippen molar-refractivity contribution in [2.45, 2.75) is 39.0 Å². The Labute approximate surface area is 170 Å². The number of hydrogen-bond donors (Lipinski definition) is 2. The van der Waals surface area contributed by atoms with E-state index in [9.17, 15) is 4.79 Å². The van der Waals surface area contributed by atoms with Gasteiger partial charge in [0, 0.05) is 17.6 Å². The molecule has 4 nitrogen and oxygen atoms in total. The van der Waals surface area contributed by atoms with Gasteiger partial charge in [0.1, 0.15) is 5.75 Å². The largest absolute Gasteiger partial charge is 0.494 e. The Kier molecular flexibility index (Phi) is 8.17. The molecule has 0 radical (unpaired) electrons. The van der Waals surface area contributed by atoms with Crippen molar-refractivity contribution in [1.29, 1.82) is 0 Å². The average Bonchev–Trinajstić information content (AvgIpc) is 2.63. The molecule has 27 heavy (non-hydrogen) atoms. The minimum absolute atomic E-state index is 0.142. The minimum Gasteiger partial charge on any atom is -0.494 e. The van der Waals surface area contributed by atoms with Gasteiger partial charge in [-0.05, 0) is 47.6 Å². The molecule has 0 unspecified atom stereocenters. The van der Waals surface area contributed by atoms with Gasteiger partial charge in [-0.25, -0.2) is 4.79 Å². The van der Waals surface area contributed by atoms with E-state index in [-0.39, 0.29) is 11.4 Å². The van der Waals surface area contributed by atoms with Gasteiger partial charge in [0.15, 0.2) is 0 Å². The topological polar surface area (TPSA) is 50.4 Å². The first kappa shape index (κ1) is 21.3. The molecule has 0 spiro atoms. The molecule has 0 atom stereocenters. The summed E-state index contributed by atoms with van der Waals surface area (Å²) in [5.74, 6) is 0.862. The highest BCUT2D eigenvalue weighted by molar-refractivity contribution is 9.10. The first-order valence-corrected chi connectivity index (χ1v) is 10.1. The van der Waals surface area contributed by atoms with Crippen LogP contribution in [0.15, 0.2) is 53.0 Å². The Morgan fingerprint density at radius 1 is 1.00 bits per heavy atom. The van der Waals surface area contributed by atoms with Crippen LogP contribution in [0.25, 0.3) is 0 Å². The third kappa shape index (κ3) is 7.63. The number of urea groups is 1. The van der Waals surface area contributed by atoms with Gasteiger partial charge >= 0.3 is 6.03 Å². The van der Waals surface area contributed by atoms with Crippen LogP contribution in [0.1, 0.15) is 38.3 Å². The third-order valence-electron chi connectivity index (χ3n) is 4.23. The zero-order chi connectivity index (χ0) is 19.7. The van der Waals surface area contributed by atoms with Crippen LogP contribution >= 0.6 is 15.9 Å². The van der Waals surface area contributed by atoms with Crippen molar-refractivity contribution in [1.82, 2.24) is 10.6 Å². The SMILES string of the molecule is CC(C)(C)c1ccc(OCCCNC(=O)NCCc2ccccc2Br)cc1. The molecular weight excluding hydrogens is 404 g/mol. The van der Waals surface area contributed by atoms with E-state index >= 15 is 0 Å². The standard InChI is InChI=1S/C22H29BrN2O2/c1-22(2,3)18-9-11-19(12-10-18)27-16-6-14-24-21(26)25-15-13-17-7-4-5-8-20(17)23/h4-5,7-12H,6,13-16H2,1-3H3,(H2,24,25,26). The lowest BCUT2D eigenvalue weighted by molar-refractivity contribution is 0.239. The van der Waals surface area contributed by atoms with Crippen molar-refractivity contribution in [2.75, 3.05) is 19.7 Å². The molecule has 2 N–H and O–H groups in total. The zero-order valence-corrected chi connectivity index (χ0v) is 17.9.